The molecule has 27 heavy (non-hydrogen) atoms. The van der Waals surface area contributed by atoms with E-state index in [1.54, 1.807) is 6.92 Å². The molecule has 0 aliphatic heterocycles. The molecule has 1 aromatic carbocycles. The minimum Gasteiger partial charge on any atom is -0.355 e. The van der Waals surface area contributed by atoms with Crippen LogP contribution in [0.25, 0.3) is 0 Å². The monoisotopic (exact) mass is 382 g/mol. The van der Waals surface area contributed by atoms with Crippen LogP contribution in [-0.4, -0.2) is 37.1 Å². The minimum absolute atomic E-state index is 0.0354. The molecule has 0 radical (unpaired) electrons. The van der Waals surface area contributed by atoms with Gasteiger partial charge in [0.2, 0.25) is 0 Å². The van der Waals surface area contributed by atoms with E-state index in [2.05, 4.69) is 15.2 Å². The van der Waals surface area contributed by atoms with Crippen molar-refractivity contribution in [1.29, 1.82) is 0 Å². The SMILES string of the molecule is CC(=O)c1c(C)[nH]c(C(=O)CSc2nnc(Cc3ccccc3)n2C)c1C. The molecule has 6 nitrogen and oxygen atoms in total. The summed E-state index contributed by atoms with van der Waals surface area (Å²) in [7, 11) is 1.91. The van der Waals surface area contributed by atoms with Crippen LogP contribution in [0.5, 0.6) is 0 Å². The van der Waals surface area contributed by atoms with E-state index in [-0.39, 0.29) is 17.3 Å². The molecule has 7 heteroatoms. The van der Waals surface area contributed by atoms with Crippen LogP contribution in [0.4, 0.5) is 0 Å². The highest BCUT2D eigenvalue weighted by atomic mass is 32.2. The summed E-state index contributed by atoms with van der Waals surface area (Å²) >= 11 is 1.35. The van der Waals surface area contributed by atoms with Crippen molar-refractivity contribution < 1.29 is 9.59 Å². The van der Waals surface area contributed by atoms with Gasteiger partial charge in [-0.15, -0.1) is 10.2 Å². The highest BCUT2D eigenvalue weighted by molar-refractivity contribution is 7.99. The predicted molar refractivity (Wildman–Crippen MR) is 106 cm³/mol. The Balaban J connectivity index is 1.70. The maximum atomic E-state index is 12.6. The Hall–Kier alpha value is -2.67. The highest BCUT2D eigenvalue weighted by Gasteiger charge is 2.20. The number of nitrogens with zero attached hydrogens (tertiary/aromatic N) is 3. The predicted octanol–water partition coefficient (Wildman–Crippen LogP) is 3.53. The number of carbonyl (C=O) groups is 2. The van der Waals surface area contributed by atoms with Crippen LogP contribution in [0.2, 0.25) is 0 Å². The molecule has 2 heterocycles. The van der Waals surface area contributed by atoms with Crippen molar-refractivity contribution in [3.8, 4) is 0 Å². The lowest BCUT2D eigenvalue weighted by Gasteiger charge is -2.04. The van der Waals surface area contributed by atoms with Crippen LogP contribution in [0, 0.1) is 13.8 Å². The molecule has 0 unspecified atom stereocenters. The molecule has 0 saturated carbocycles. The Morgan fingerprint density at radius 2 is 1.85 bits per heavy atom. The van der Waals surface area contributed by atoms with E-state index in [1.165, 1.54) is 18.7 Å². The molecule has 0 bridgehead atoms. The zero-order chi connectivity index (χ0) is 19.6. The number of thioether (sulfide) groups is 1. The summed E-state index contributed by atoms with van der Waals surface area (Å²) in [4.78, 5) is 27.4. The first kappa shape index (κ1) is 19.1. The fourth-order valence-electron chi connectivity index (χ4n) is 3.16. The van der Waals surface area contributed by atoms with Gasteiger partial charge in [0.05, 0.1) is 11.4 Å². The number of rotatable bonds is 7. The molecule has 2 aromatic heterocycles. The standard InChI is InChI=1S/C20H22N4O2S/c1-12-18(14(3)25)13(2)21-19(12)16(26)11-27-20-23-22-17(24(20)4)10-15-8-6-5-7-9-15/h5-9,21H,10-11H2,1-4H3. The number of hydrogen-bond donors (Lipinski definition) is 1. The third kappa shape index (κ3) is 4.03. The number of nitrogens with one attached hydrogen (secondary N) is 1. The van der Waals surface area contributed by atoms with Crippen LogP contribution in [0.3, 0.4) is 0 Å². The second-order valence-electron chi connectivity index (χ2n) is 6.51. The van der Waals surface area contributed by atoms with Crippen molar-refractivity contribution in [3.63, 3.8) is 0 Å². The van der Waals surface area contributed by atoms with Crippen LogP contribution in [0.1, 0.15) is 50.4 Å². The average molecular weight is 382 g/mol. The van der Waals surface area contributed by atoms with Gasteiger partial charge in [-0.2, -0.15) is 0 Å². The number of aromatic amines is 1. The Bertz CT molecular complexity index is 989. The summed E-state index contributed by atoms with van der Waals surface area (Å²) in [6.07, 6.45) is 0.690. The normalized spacial score (nSPS) is 11.0. The second-order valence-corrected chi connectivity index (χ2v) is 7.46. The van der Waals surface area contributed by atoms with Crippen LogP contribution < -0.4 is 0 Å². The summed E-state index contributed by atoms with van der Waals surface area (Å²) in [5.74, 6) is 0.990. The maximum absolute atomic E-state index is 12.6. The van der Waals surface area contributed by atoms with Gasteiger partial charge in [0, 0.05) is 24.7 Å². The first-order valence-electron chi connectivity index (χ1n) is 8.66. The van der Waals surface area contributed by atoms with Crippen molar-refractivity contribution in [3.05, 3.63) is 64.2 Å². The molecule has 0 saturated heterocycles. The molecule has 0 aliphatic carbocycles. The van der Waals surface area contributed by atoms with E-state index in [1.807, 2.05) is 48.9 Å². The largest absolute Gasteiger partial charge is 0.355 e. The van der Waals surface area contributed by atoms with Crippen molar-refractivity contribution in [2.45, 2.75) is 32.3 Å². The number of H-pyrrole nitrogens is 1. The number of aromatic nitrogens is 4. The minimum atomic E-state index is -0.0549. The van der Waals surface area contributed by atoms with Crippen molar-refractivity contribution in [2.75, 3.05) is 5.75 Å². The molecule has 0 atom stereocenters. The van der Waals surface area contributed by atoms with Gasteiger partial charge >= 0.3 is 0 Å². The molecule has 0 aliphatic rings. The van der Waals surface area contributed by atoms with E-state index in [4.69, 9.17) is 0 Å². The van der Waals surface area contributed by atoms with Crippen molar-refractivity contribution >= 4 is 23.3 Å². The summed E-state index contributed by atoms with van der Waals surface area (Å²) in [5, 5.41) is 9.16. The molecular formula is C20H22N4O2S. The van der Waals surface area contributed by atoms with Gasteiger partial charge in [-0.05, 0) is 31.9 Å². The number of hydrogen-bond acceptors (Lipinski definition) is 5. The quantitative estimate of drug-likeness (QED) is 0.499. The summed E-state index contributed by atoms with van der Waals surface area (Å²) in [6, 6.07) is 10.1. The van der Waals surface area contributed by atoms with Gasteiger partial charge in [0.1, 0.15) is 5.82 Å². The van der Waals surface area contributed by atoms with E-state index in [0.717, 1.165) is 17.1 Å². The van der Waals surface area contributed by atoms with Crippen LogP contribution >= 0.6 is 11.8 Å². The third-order valence-electron chi connectivity index (χ3n) is 4.53. The lowest BCUT2D eigenvalue weighted by molar-refractivity contribution is 0.101. The Kier molecular flexibility index (Phi) is 5.60. The lowest BCUT2D eigenvalue weighted by atomic mass is 10.1. The molecule has 3 aromatic rings. The van der Waals surface area contributed by atoms with E-state index < -0.39 is 0 Å². The summed E-state index contributed by atoms with van der Waals surface area (Å²) < 4.78 is 1.92. The van der Waals surface area contributed by atoms with Gasteiger partial charge in [0.25, 0.3) is 0 Å². The van der Waals surface area contributed by atoms with Gasteiger partial charge < -0.3 is 9.55 Å². The van der Waals surface area contributed by atoms with E-state index in [0.29, 0.717) is 28.4 Å². The first-order chi connectivity index (χ1) is 12.9. The fourth-order valence-corrected chi connectivity index (χ4v) is 3.96. The molecular weight excluding hydrogens is 360 g/mol. The highest BCUT2D eigenvalue weighted by Crippen LogP contribution is 2.23. The van der Waals surface area contributed by atoms with Gasteiger partial charge in [-0.25, -0.2) is 0 Å². The van der Waals surface area contributed by atoms with E-state index in [9.17, 15) is 9.59 Å². The Morgan fingerprint density at radius 3 is 2.48 bits per heavy atom. The molecule has 3 rings (SSSR count). The van der Waals surface area contributed by atoms with Crippen LogP contribution in [-0.2, 0) is 13.5 Å². The maximum Gasteiger partial charge on any atom is 0.191 e. The van der Waals surface area contributed by atoms with Crippen molar-refractivity contribution in [1.82, 2.24) is 19.7 Å². The lowest BCUT2D eigenvalue weighted by Crippen LogP contribution is -2.07. The zero-order valence-corrected chi connectivity index (χ0v) is 16.7. The number of Topliss-reactive ketones (excluding diaryl/α,β-unsaturated/α-hetero) is 2. The first-order valence-corrected chi connectivity index (χ1v) is 9.65. The number of ketones is 2. The van der Waals surface area contributed by atoms with Crippen molar-refractivity contribution in [2.24, 2.45) is 7.05 Å². The zero-order valence-electron chi connectivity index (χ0n) is 15.9. The molecule has 1 N–H and O–H groups in total. The third-order valence-corrected chi connectivity index (χ3v) is 5.55. The Labute approximate surface area is 162 Å². The molecule has 140 valence electrons. The fraction of sp³-hybridized carbons (Fsp3) is 0.300. The smallest absolute Gasteiger partial charge is 0.191 e. The topological polar surface area (TPSA) is 80.6 Å². The Morgan fingerprint density at radius 1 is 1.15 bits per heavy atom. The molecule has 0 spiro atoms. The summed E-state index contributed by atoms with van der Waals surface area (Å²) in [5.41, 5.74) is 3.71. The average Bonchev–Trinajstić information content (AvgIpc) is 3.13. The van der Waals surface area contributed by atoms with Gasteiger partial charge in [0.15, 0.2) is 16.7 Å². The van der Waals surface area contributed by atoms with Gasteiger partial charge in [-0.1, -0.05) is 42.1 Å². The van der Waals surface area contributed by atoms with Crippen LogP contribution in [0.15, 0.2) is 35.5 Å². The molecule has 0 fully saturated rings. The molecule has 0 amide bonds. The van der Waals surface area contributed by atoms with E-state index >= 15 is 0 Å². The van der Waals surface area contributed by atoms with Gasteiger partial charge in [-0.3, -0.25) is 9.59 Å². The number of benzene rings is 1. The summed E-state index contributed by atoms with van der Waals surface area (Å²) in [6.45, 7) is 5.13. The second kappa shape index (κ2) is 7.92. The number of aryl methyl sites for hydroxylation is 1. The number of carbonyl (C=O) groups excluding carboxylic acids is 2.